The lowest BCUT2D eigenvalue weighted by Gasteiger charge is -2.28. The van der Waals surface area contributed by atoms with E-state index in [0.29, 0.717) is 36.1 Å². The second kappa shape index (κ2) is 7.19. The third kappa shape index (κ3) is 3.53. The normalized spacial score (nSPS) is 18.2. The van der Waals surface area contributed by atoms with Gasteiger partial charge in [-0.1, -0.05) is 12.1 Å². The number of benzene rings is 2. The molecule has 4 rings (SSSR count). The van der Waals surface area contributed by atoms with E-state index in [-0.39, 0.29) is 30.8 Å². The van der Waals surface area contributed by atoms with E-state index >= 15 is 0 Å². The zero-order valence-electron chi connectivity index (χ0n) is 15.0. The van der Waals surface area contributed by atoms with E-state index in [4.69, 9.17) is 9.47 Å². The Morgan fingerprint density at radius 1 is 1.19 bits per heavy atom. The third-order valence-electron chi connectivity index (χ3n) is 4.61. The van der Waals surface area contributed by atoms with Crippen LogP contribution in [-0.4, -0.2) is 37.6 Å². The van der Waals surface area contributed by atoms with E-state index in [1.54, 1.807) is 11.0 Å². The average molecular weight is 367 g/mol. The van der Waals surface area contributed by atoms with Crippen LogP contribution in [0, 0.1) is 0 Å². The number of para-hydroxylation sites is 2. The number of fused-ring (bicyclic) bond motifs is 2. The molecule has 0 aromatic heterocycles. The number of hydrogen-bond donors (Lipinski definition) is 2. The fourth-order valence-electron chi connectivity index (χ4n) is 3.38. The Morgan fingerprint density at radius 3 is 2.81 bits per heavy atom. The summed E-state index contributed by atoms with van der Waals surface area (Å²) in [6.07, 6.45) is 0.254. The largest absolute Gasteiger partial charge is 0.486 e. The maximum absolute atomic E-state index is 13.0. The van der Waals surface area contributed by atoms with Crippen molar-refractivity contribution in [3.05, 3.63) is 42.5 Å². The van der Waals surface area contributed by atoms with Gasteiger partial charge in [0.2, 0.25) is 11.8 Å². The fraction of sp³-hybridized carbons (Fsp3) is 0.300. The standard InChI is InChI=1S/C20H21N3O4/c1-13-10-19(24)22-15-4-2-3-5-16(15)23(13)20(25)12-21-14-6-7-17-18(11-14)27-9-8-26-17/h2-7,11,13,21H,8-10,12H2,1H3,(H,22,24)/t13-/m1/s1. The summed E-state index contributed by atoms with van der Waals surface area (Å²) >= 11 is 0. The Bertz CT molecular complexity index is 883. The van der Waals surface area contributed by atoms with Crippen LogP contribution in [0.2, 0.25) is 0 Å². The van der Waals surface area contributed by atoms with Crippen molar-refractivity contribution in [2.24, 2.45) is 0 Å². The van der Waals surface area contributed by atoms with E-state index < -0.39 is 0 Å². The van der Waals surface area contributed by atoms with Crippen molar-refractivity contribution in [2.45, 2.75) is 19.4 Å². The highest BCUT2D eigenvalue weighted by Gasteiger charge is 2.29. The zero-order valence-corrected chi connectivity index (χ0v) is 15.0. The summed E-state index contributed by atoms with van der Waals surface area (Å²) < 4.78 is 11.1. The molecule has 0 fully saturated rings. The summed E-state index contributed by atoms with van der Waals surface area (Å²) in [5, 5.41) is 6.00. The van der Waals surface area contributed by atoms with E-state index in [2.05, 4.69) is 10.6 Å². The first-order valence-electron chi connectivity index (χ1n) is 8.96. The van der Waals surface area contributed by atoms with Gasteiger partial charge in [0.1, 0.15) is 13.2 Å². The number of carbonyl (C=O) groups is 2. The molecule has 2 aromatic carbocycles. The minimum Gasteiger partial charge on any atom is -0.486 e. The molecule has 7 heteroatoms. The SMILES string of the molecule is C[C@@H]1CC(=O)Nc2ccccc2N1C(=O)CNc1ccc2c(c1)OCCO2. The molecule has 0 saturated carbocycles. The Hall–Kier alpha value is -3.22. The average Bonchev–Trinajstić information content (AvgIpc) is 2.80. The molecular weight excluding hydrogens is 346 g/mol. The molecule has 0 radical (unpaired) electrons. The molecular formula is C20H21N3O4. The maximum Gasteiger partial charge on any atom is 0.246 e. The molecule has 7 nitrogen and oxygen atoms in total. The van der Waals surface area contributed by atoms with Crippen LogP contribution < -0.4 is 25.0 Å². The lowest BCUT2D eigenvalue weighted by Crippen LogP contribution is -2.42. The number of nitrogens with one attached hydrogen (secondary N) is 2. The Balaban J connectivity index is 1.51. The molecule has 0 unspecified atom stereocenters. The van der Waals surface area contributed by atoms with Crippen LogP contribution in [0.1, 0.15) is 13.3 Å². The quantitative estimate of drug-likeness (QED) is 0.872. The first kappa shape index (κ1) is 17.2. The highest BCUT2D eigenvalue weighted by molar-refractivity contribution is 6.05. The fourth-order valence-corrected chi connectivity index (χ4v) is 3.38. The monoisotopic (exact) mass is 367 g/mol. The summed E-state index contributed by atoms with van der Waals surface area (Å²) in [6.45, 7) is 3.03. The van der Waals surface area contributed by atoms with Crippen LogP contribution in [0.3, 0.4) is 0 Å². The van der Waals surface area contributed by atoms with E-state index in [9.17, 15) is 9.59 Å². The van der Waals surface area contributed by atoms with Gasteiger partial charge in [-0.05, 0) is 31.2 Å². The first-order chi connectivity index (χ1) is 13.1. The van der Waals surface area contributed by atoms with E-state index in [1.807, 2.05) is 43.3 Å². The predicted octanol–water partition coefficient (Wildman–Crippen LogP) is 2.63. The first-order valence-corrected chi connectivity index (χ1v) is 8.96. The van der Waals surface area contributed by atoms with Crippen molar-refractivity contribution in [2.75, 3.05) is 35.3 Å². The molecule has 27 heavy (non-hydrogen) atoms. The molecule has 0 spiro atoms. The zero-order chi connectivity index (χ0) is 18.8. The van der Waals surface area contributed by atoms with Gasteiger partial charge in [0, 0.05) is 24.2 Å². The van der Waals surface area contributed by atoms with Gasteiger partial charge < -0.3 is 25.0 Å². The van der Waals surface area contributed by atoms with Gasteiger partial charge in [0.25, 0.3) is 0 Å². The molecule has 0 aliphatic carbocycles. The third-order valence-corrected chi connectivity index (χ3v) is 4.61. The summed E-state index contributed by atoms with van der Waals surface area (Å²) in [5.41, 5.74) is 2.14. The molecule has 0 bridgehead atoms. The van der Waals surface area contributed by atoms with Crippen LogP contribution >= 0.6 is 0 Å². The minimum atomic E-state index is -0.233. The van der Waals surface area contributed by atoms with Crippen molar-refractivity contribution >= 4 is 28.9 Å². The molecule has 2 heterocycles. The van der Waals surface area contributed by atoms with Crippen molar-refractivity contribution < 1.29 is 19.1 Å². The number of nitrogens with zero attached hydrogens (tertiary/aromatic N) is 1. The Morgan fingerprint density at radius 2 is 1.96 bits per heavy atom. The van der Waals surface area contributed by atoms with Crippen molar-refractivity contribution in [3.8, 4) is 11.5 Å². The lowest BCUT2D eigenvalue weighted by atomic mass is 10.1. The number of anilines is 3. The number of hydrogen-bond acceptors (Lipinski definition) is 5. The number of amides is 2. The molecule has 2 N–H and O–H groups in total. The number of carbonyl (C=O) groups excluding carboxylic acids is 2. The van der Waals surface area contributed by atoms with Gasteiger partial charge in [0.05, 0.1) is 17.9 Å². The molecule has 0 saturated heterocycles. The van der Waals surface area contributed by atoms with Gasteiger partial charge in [-0.25, -0.2) is 0 Å². The molecule has 2 aromatic rings. The second-order valence-electron chi connectivity index (χ2n) is 6.59. The van der Waals surface area contributed by atoms with Crippen LogP contribution in [0.5, 0.6) is 11.5 Å². The summed E-state index contributed by atoms with van der Waals surface area (Å²) in [4.78, 5) is 26.7. The molecule has 140 valence electrons. The Labute approximate surface area is 157 Å². The summed E-state index contributed by atoms with van der Waals surface area (Å²) in [6, 6.07) is 12.6. The summed E-state index contributed by atoms with van der Waals surface area (Å²) in [7, 11) is 0. The number of ether oxygens (including phenoxy) is 2. The molecule has 2 aliphatic rings. The van der Waals surface area contributed by atoms with Crippen LogP contribution in [0.4, 0.5) is 17.1 Å². The van der Waals surface area contributed by atoms with Gasteiger partial charge in [-0.3, -0.25) is 9.59 Å². The van der Waals surface area contributed by atoms with Gasteiger partial charge >= 0.3 is 0 Å². The van der Waals surface area contributed by atoms with Crippen molar-refractivity contribution in [1.82, 2.24) is 0 Å². The van der Waals surface area contributed by atoms with Crippen LogP contribution in [-0.2, 0) is 9.59 Å². The highest BCUT2D eigenvalue weighted by atomic mass is 16.6. The predicted molar refractivity (Wildman–Crippen MR) is 103 cm³/mol. The lowest BCUT2D eigenvalue weighted by molar-refractivity contribution is -0.118. The molecule has 1 atom stereocenters. The second-order valence-corrected chi connectivity index (χ2v) is 6.59. The van der Waals surface area contributed by atoms with Gasteiger partial charge in [0.15, 0.2) is 11.5 Å². The topological polar surface area (TPSA) is 79.9 Å². The molecule has 2 aliphatic heterocycles. The van der Waals surface area contributed by atoms with Crippen molar-refractivity contribution in [1.29, 1.82) is 0 Å². The van der Waals surface area contributed by atoms with E-state index in [0.717, 1.165) is 5.69 Å². The summed E-state index contributed by atoms with van der Waals surface area (Å²) in [5.74, 6) is 1.17. The smallest absolute Gasteiger partial charge is 0.246 e. The van der Waals surface area contributed by atoms with Crippen molar-refractivity contribution in [3.63, 3.8) is 0 Å². The minimum absolute atomic E-state index is 0.0926. The maximum atomic E-state index is 13.0. The Kier molecular flexibility index (Phi) is 4.58. The van der Waals surface area contributed by atoms with E-state index in [1.165, 1.54) is 0 Å². The van der Waals surface area contributed by atoms with Gasteiger partial charge in [-0.2, -0.15) is 0 Å². The number of rotatable bonds is 3. The van der Waals surface area contributed by atoms with Gasteiger partial charge in [-0.15, -0.1) is 0 Å². The van der Waals surface area contributed by atoms with Crippen LogP contribution in [0.15, 0.2) is 42.5 Å². The van der Waals surface area contributed by atoms with Crippen LogP contribution in [0.25, 0.3) is 0 Å². The highest BCUT2D eigenvalue weighted by Crippen LogP contribution is 2.33. The molecule has 2 amide bonds.